The van der Waals surface area contributed by atoms with Gasteiger partial charge in [-0.1, -0.05) is 0 Å². The number of rotatable bonds is 9. The number of aliphatic carboxylic acids is 1. The Morgan fingerprint density at radius 1 is 1.48 bits per heavy atom. The maximum Gasteiger partial charge on any atom is 0.339 e. The number of anilines is 1. The van der Waals surface area contributed by atoms with E-state index in [2.05, 4.69) is 19.5 Å². The first kappa shape index (κ1) is 21.4. The average molecular weight is 433 g/mol. The number of H-pyrrole nitrogens is 1. The molecule has 2 aromatic heterocycles. The summed E-state index contributed by atoms with van der Waals surface area (Å²) in [6.45, 7) is -0.452. The van der Waals surface area contributed by atoms with Gasteiger partial charge < -0.3 is 34.8 Å². The quantitative estimate of drug-likeness (QED) is 0.229. The summed E-state index contributed by atoms with van der Waals surface area (Å²) in [7, 11) is -4.22. The lowest BCUT2D eigenvalue weighted by Crippen LogP contribution is -2.27. The predicted molar refractivity (Wildman–Crippen MR) is 96.2 cm³/mol. The third-order valence-corrected chi connectivity index (χ3v) is 5.36. The highest BCUT2D eigenvalue weighted by molar-refractivity contribution is 7.53. The van der Waals surface area contributed by atoms with Gasteiger partial charge in [0.2, 0.25) is 5.95 Å². The van der Waals surface area contributed by atoms with E-state index < -0.39 is 43.7 Å². The molecule has 3 rings (SSSR count). The molecule has 1 saturated heterocycles. The second kappa shape index (κ2) is 8.57. The molecular formula is C14H20N5O9P. The van der Waals surface area contributed by atoms with Crippen LogP contribution in [0, 0.1) is 0 Å². The van der Waals surface area contributed by atoms with Crippen LogP contribution in [0.15, 0.2) is 11.1 Å². The third kappa shape index (κ3) is 5.18. The molecule has 4 unspecified atom stereocenters. The normalized spacial score (nSPS) is 24.0. The van der Waals surface area contributed by atoms with E-state index in [0.717, 1.165) is 0 Å². The number of fused-ring (bicyclic) bond motifs is 1. The van der Waals surface area contributed by atoms with Gasteiger partial charge >= 0.3 is 13.6 Å². The van der Waals surface area contributed by atoms with Crippen LogP contribution in [0.3, 0.4) is 0 Å². The van der Waals surface area contributed by atoms with Crippen molar-refractivity contribution in [2.45, 2.75) is 24.9 Å². The lowest BCUT2D eigenvalue weighted by Gasteiger charge is -2.16. The lowest BCUT2D eigenvalue weighted by atomic mass is 10.2. The molecule has 0 aliphatic carbocycles. The number of aromatic nitrogens is 4. The Balaban J connectivity index is 1.52. The van der Waals surface area contributed by atoms with Gasteiger partial charge in [0.15, 0.2) is 11.2 Å². The molecule has 29 heavy (non-hydrogen) atoms. The predicted octanol–water partition coefficient (Wildman–Crippen LogP) is -1.35. The molecule has 0 amide bonds. The van der Waals surface area contributed by atoms with E-state index in [1.165, 1.54) is 10.9 Å². The van der Waals surface area contributed by atoms with E-state index in [1.807, 2.05) is 0 Å². The molecule has 0 saturated carbocycles. The molecule has 3 heterocycles. The van der Waals surface area contributed by atoms with Crippen molar-refractivity contribution < 1.29 is 38.5 Å². The largest absolute Gasteiger partial charge is 0.481 e. The van der Waals surface area contributed by atoms with Gasteiger partial charge in [-0.2, -0.15) is 4.98 Å². The summed E-state index contributed by atoms with van der Waals surface area (Å²) in [4.78, 5) is 41.9. The van der Waals surface area contributed by atoms with Gasteiger partial charge in [-0.3, -0.25) is 23.7 Å². The number of nitrogens with one attached hydrogen (secondary N) is 1. The zero-order valence-electron chi connectivity index (χ0n) is 15.0. The van der Waals surface area contributed by atoms with Gasteiger partial charge in [0.1, 0.15) is 18.5 Å². The summed E-state index contributed by atoms with van der Waals surface area (Å²) in [5.41, 5.74) is 5.37. The number of aliphatic hydroxyl groups is 1. The molecule has 0 aromatic carbocycles. The van der Waals surface area contributed by atoms with Gasteiger partial charge in [0.25, 0.3) is 5.56 Å². The van der Waals surface area contributed by atoms with Crippen LogP contribution in [-0.2, 0) is 23.4 Å². The number of carboxylic acids is 1. The van der Waals surface area contributed by atoms with E-state index in [9.17, 15) is 24.2 Å². The van der Waals surface area contributed by atoms with Crippen molar-refractivity contribution in [3.8, 4) is 0 Å². The minimum Gasteiger partial charge on any atom is -0.481 e. The molecule has 0 spiro atoms. The number of nitrogens with zero attached hydrogens (tertiary/aromatic N) is 3. The standard InChI is InChI=1S/C14H20N5O9P/c15-14-17-12-11(13(23)18-14)16-6-19(12)9-3-7(20)8(28-9)4-26-1-2-27-29(24,25)5-10(21)22/h6-9,20H,1-5H2,(H,21,22)(H,24,25)(H3,15,17,18,23). The fourth-order valence-electron chi connectivity index (χ4n) is 2.84. The Bertz CT molecular complexity index is 992. The highest BCUT2D eigenvalue weighted by atomic mass is 31.2. The zero-order valence-corrected chi connectivity index (χ0v) is 15.9. The second-order valence-electron chi connectivity index (χ2n) is 6.30. The van der Waals surface area contributed by atoms with Crippen LogP contribution in [-0.4, -0.2) is 78.8 Å². The van der Waals surface area contributed by atoms with Crippen LogP contribution >= 0.6 is 7.60 Å². The Labute approximate surface area is 162 Å². The summed E-state index contributed by atoms with van der Waals surface area (Å²) >= 11 is 0. The maximum absolute atomic E-state index is 11.8. The smallest absolute Gasteiger partial charge is 0.339 e. The van der Waals surface area contributed by atoms with Crippen LogP contribution in [0.25, 0.3) is 11.2 Å². The van der Waals surface area contributed by atoms with Crippen LogP contribution in [0.4, 0.5) is 5.95 Å². The van der Waals surface area contributed by atoms with Crippen LogP contribution in [0.5, 0.6) is 0 Å². The molecule has 15 heteroatoms. The number of carboxylic acid groups (broad SMARTS) is 1. The van der Waals surface area contributed by atoms with E-state index in [0.29, 0.717) is 0 Å². The van der Waals surface area contributed by atoms with Gasteiger partial charge in [-0.05, 0) is 0 Å². The van der Waals surface area contributed by atoms with Crippen molar-refractivity contribution in [3.63, 3.8) is 0 Å². The molecule has 4 atom stereocenters. The number of aliphatic hydroxyl groups excluding tert-OH is 1. The molecule has 0 radical (unpaired) electrons. The molecule has 1 aliphatic heterocycles. The van der Waals surface area contributed by atoms with Crippen molar-refractivity contribution in [3.05, 3.63) is 16.7 Å². The number of ether oxygens (including phenoxy) is 2. The number of nitrogens with two attached hydrogens (primary N) is 1. The second-order valence-corrected chi connectivity index (χ2v) is 8.15. The fraction of sp³-hybridized carbons (Fsp3) is 0.571. The van der Waals surface area contributed by atoms with E-state index in [-0.39, 0.29) is 43.4 Å². The molecule has 0 bridgehead atoms. The molecule has 1 fully saturated rings. The first-order chi connectivity index (χ1) is 13.7. The number of hydrogen-bond acceptors (Lipinski definition) is 10. The molecule has 2 aromatic rings. The van der Waals surface area contributed by atoms with E-state index in [1.54, 1.807) is 0 Å². The van der Waals surface area contributed by atoms with Gasteiger partial charge in [0.05, 0.1) is 32.3 Å². The Morgan fingerprint density at radius 2 is 2.24 bits per heavy atom. The molecular weight excluding hydrogens is 413 g/mol. The van der Waals surface area contributed by atoms with Crippen LogP contribution in [0.1, 0.15) is 12.6 Å². The monoisotopic (exact) mass is 433 g/mol. The van der Waals surface area contributed by atoms with Gasteiger partial charge in [-0.25, -0.2) is 4.98 Å². The maximum atomic E-state index is 11.8. The van der Waals surface area contributed by atoms with Crippen molar-refractivity contribution in [2.75, 3.05) is 31.7 Å². The van der Waals surface area contributed by atoms with Gasteiger partial charge in [-0.15, -0.1) is 0 Å². The number of imidazole rings is 1. The van der Waals surface area contributed by atoms with Crippen molar-refractivity contribution in [2.24, 2.45) is 0 Å². The van der Waals surface area contributed by atoms with Crippen molar-refractivity contribution in [1.29, 1.82) is 0 Å². The summed E-state index contributed by atoms with van der Waals surface area (Å²) in [6, 6.07) is 0. The molecule has 14 nitrogen and oxygen atoms in total. The third-order valence-electron chi connectivity index (χ3n) is 4.10. The minimum absolute atomic E-state index is 0.0432. The SMILES string of the molecule is Nc1nc2c(ncn2C2CC(O)C(COCCOP(=O)(O)CC(=O)O)O2)c(=O)[nH]1. The molecule has 1 aliphatic rings. The first-order valence-electron chi connectivity index (χ1n) is 8.48. The average Bonchev–Trinajstić information content (AvgIpc) is 3.17. The van der Waals surface area contributed by atoms with Crippen molar-refractivity contribution >= 4 is 30.7 Å². The summed E-state index contributed by atoms with van der Waals surface area (Å²) in [6.07, 6.45) is -1.69. The van der Waals surface area contributed by atoms with Crippen LogP contribution in [0.2, 0.25) is 0 Å². The number of hydrogen-bond donors (Lipinski definition) is 5. The Morgan fingerprint density at radius 3 is 2.97 bits per heavy atom. The van der Waals surface area contributed by atoms with E-state index in [4.69, 9.17) is 20.3 Å². The summed E-state index contributed by atoms with van der Waals surface area (Å²) in [5, 5.41) is 18.7. The summed E-state index contributed by atoms with van der Waals surface area (Å²) in [5.74, 6) is -1.53. The highest BCUT2D eigenvalue weighted by Gasteiger charge is 2.36. The van der Waals surface area contributed by atoms with E-state index >= 15 is 0 Å². The van der Waals surface area contributed by atoms with Crippen molar-refractivity contribution in [1.82, 2.24) is 19.5 Å². The Hall–Kier alpha value is -2.35. The molecule has 6 N–H and O–H groups in total. The lowest BCUT2D eigenvalue weighted by molar-refractivity contribution is -0.134. The number of nitrogen functional groups attached to an aromatic ring is 1. The zero-order chi connectivity index (χ0) is 21.2. The number of aromatic amines is 1. The minimum atomic E-state index is -4.22. The summed E-state index contributed by atoms with van der Waals surface area (Å²) < 4.78 is 28.5. The number of carbonyl (C=O) groups is 1. The fourth-order valence-corrected chi connectivity index (χ4v) is 3.64. The Kier molecular flexibility index (Phi) is 6.31. The molecule has 160 valence electrons. The first-order valence-corrected chi connectivity index (χ1v) is 10.2. The highest BCUT2D eigenvalue weighted by Crippen LogP contribution is 2.41. The topological polar surface area (TPSA) is 212 Å². The van der Waals surface area contributed by atoms with Gasteiger partial charge in [0, 0.05) is 6.42 Å². The van der Waals surface area contributed by atoms with Crippen LogP contribution < -0.4 is 11.3 Å².